The highest BCUT2D eigenvalue weighted by molar-refractivity contribution is 14.0. The van der Waals surface area contributed by atoms with Crippen LogP contribution in [0, 0.1) is 0 Å². The SMILES string of the molecule is CCNC(=NCC1CN2CCCC2CO1)NC(C)COC.I. The second-order valence-electron chi connectivity index (χ2n) is 5.97. The molecule has 2 aliphatic rings. The van der Waals surface area contributed by atoms with Crippen LogP contribution in [0.3, 0.4) is 0 Å². The predicted octanol–water partition coefficient (Wildman–Crippen LogP) is 1.06. The number of halogens is 1. The van der Waals surface area contributed by atoms with Gasteiger partial charge in [-0.2, -0.15) is 0 Å². The molecular weight excluding hydrogens is 395 g/mol. The minimum absolute atomic E-state index is 0. The van der Waals surface area contributed by atoms with Gasteiger partial charge in [-0.05, 0) is 33.2 Å². The van der Waals surface area contributed by atoms with Crippen LogP contribution in [0.4, 0.5) is 0 Å². The lowest BCUT2D eigenvalue weighted by molar-refractivity contribution is -0.0432. The number of ether oxygens (including phenoxy) is 2. The first-order chi connectivity index (χ1) is 10.2. The molecule has 2 saturated heterocycles. The van der Waals surface area contributed by atoms with Crippen LogP contribution in [0.2, 0.25) is 0 Å². The molecule has 2 aliphatic heterocycles. The molecule has 0 spiro atoms. The van der Waals surface area contributed by atoms with Crippen LogP contribution in [-0.2, 0) is 9.47 Å². The average molecular weight is 426 g/mol. The Morgan fingerprint density at radius 1 is 1.50 bits per heavy atom. The van der Waals surface area contributed by atoms with E-state index in [1.165, 1.54) is 19.4 Å². The number of morpholine rings is 1. The normalized spacial score (nSPS) is 27.0. The van der Waals surface area contributed by atoms with Gasteiger partial charge in [-0.25, -0.2) is 0 Å². The fourth-order valence-corrected chi connectivity index (χ4v) is 3.03. The standard InChI is InChI=1S/C15H30N4O2.HI/c1-4-16-15(18-12(2)10-20-3)17-8-14-9-19-7-5-6-13(19)11-21-14;/h12-14H,4-11H2,1-3H3,(H2,16,17,18);1H. The third-order valence-electron chi connectivity index (χ3n) is 4.06. The quantitative estimate of drug-likeness (QED) is 0.378. The van der Waals surface area contributed by atoms with Gasteiger partial charge in [0, 0.05) is 32.3 Å². The van der Waals surface area contributed by atoms with Crippen molar-refractivity contribution in [3.63, 3.8) is 0 Å². The first-order valence-corrected chi connectivity index (χ1v) is 8.12. The van der Waals surface area contributed by atoms with E-state index in [-0.39, 0.29) is 36.1 Å². The summed E-state index contributed by atoms with van der Waals surface area (Å²) in [6.07, 6.45) is 2.81. The molecule has 2 fully saturated rings. The second kappa shape index (κ2) is 10.6. The van der Waals surface area contributed by atoms with Crippen molar-refractivity contribution in [3.8, 4) is 0 Å². The number of nitrogens with one attached hydrogen (secondary N) is 2. The monoisotopic (exact) mass is 426 g/mol. The van der Waals surface area contributed by atoms with E-state index in [1.807, 2.05) is 0 Å². The molecule has 130 valence electrons. The third kappa shape index (κ3) is 6.17. The molecule has 2 N–H and O–H groups in total. The minimum atomic E-state index is 0. The third-order valence-corrected chi connectivity index (χ3v) is 4.06. The number of aliphatic imine (C=N–C) groups is 1. The van der Waals surface area contributed by atoms with E-state index in [1.54, 1.807) is 7.11 Å². The number of fused-ring (bicyclic) bond motifs is 1. The molecule has 7 heteroatoms. The summed E-state index contributed by atoms with van der Waals surface area (Å²) in [6, 6.07) is 0.890. The topological polar surface area (TPSA) is 58.1 Å². The van der Waals surface area contributed by atoms with Crippen molar-refractivity contribution in [2.75, 3.05) is 46.5 Å². The molecule has 0 radical (unpaired) electrons. The Morgan fingerprint density at radius 2 is 2.32 bits per heavy atom. The Hall–Kier alpha value is -0.120. The Kier molecular flexibility index (Phi) is 9.62. The van der Waals surface area contributed by atoms with E-state index in [0.717, 1.165) is 25.7 Å². The zero-order valence-corrected chi connectivity index (χ0v) is 16.3. The summed E-state index contributed by atoms with van der Waals surface area (Å²) in [5.41, 5.74) is 0. The lowest BCUT2D eigenvalue weighted by Crippen LogP contribution is -2.48. The fourth-order valence-electron chi connectivity index (χ4n) is 3.03. The first-order valence-electron chi connectivity index (χ1n) is 8.12. The van der Waals surface area contributed by atoms with E-state index in [9.17, 15) is 0 Å². The molecular formula is C15H31IN4O2. The maximum atomic E-state index is 5.94. The van der Waals surface area contributed by atoms with Gasteiger partial charge in [0.2, 0.25) is 0 Å². The van der Waals surface area contributed by atoms with Gasteiger partial charge in [0.1, 0.15) is 0 Å². The second-order valence-corrected chi connectivity index (χ2v) is 5.97. The van der Waals surface area contributed by atoms with Crippen LogP contribution >= 0.6 is 24.0 Å². The first kappa shape index (κ1) is 19.9. The number of nitrogens with zero attached hydrogens (tertiary/aromatic N) is 2. The fraction of sp³-hybridized carbons (Fsp3) is 0.933. The number of guanidine groups is 1. The van der Waals surface area contributed by atoms with Crippen LogP contribution in [0.25, 0.3) is 0 Å². The van der Waals surface area contributed by atoms with Crippen molar-refractivity contribution in [2.45, 2.75) is 44.9 Å². The Bertz CT molecular complexity index is 344. The van der Waals surface area contributed by atoms with Crippen LogP contribution in [0.1, 0.15) is 26.7 Å². The van der Waals surface area contributed by atoms with Crippen molar-refractivity contribution in [3.05, 3.63) is 0 Å². The molecule has 6 nitrogen and oxygen atoms in total. The predicted molar refractivity (Wildman–Crippen MR) is 100 cm³/mol. The van der Waals surface area contributed by atoms with Gasteiger partial charge in [-0.3, -0.25) is 9.89 Å². The van der Waals surface area contributed by atoms with Gasteiger partial charge < -0.3 is 20.1 Å². The molecule has 2 heterocycles. The molecule has 3 unspecified atom stereocenters. The Labute approximate surface area is 151 Å². The minimum Gasteiger partial charge on any atom is -0.383 e. The van der Waals surface area contributed by atoms with Gasteiger partial charge in [-0.1, -0.05) is 0 Å². The van der Waals surface area contributed by atoms with E-state index in [4.69, 9.17) is 9.47 Å². The Balaban J connectivity index is 0.00000242. The average Bonchev–Trinajstić information content (AvgIpc) is 2.92. The van der Waals surface area contributed by atoms with Crippen LogP contribution in [0.15, 0.2) is 4.99 Å². The van der Waals surface area contributed by atoms with Crippen molar-refractivity contribution in [1.82, 2.24) is 15.5 Å². The summed E-state index contributed by atoms with van der Waals surface area (Å²) in [4.78, 5) is 7.21. The number of methoxy groups -OCH3 is 1. The maximum Gasteiger partial charge on any atom is 0.191 e. The highest BCUT2D eigenvalue weighted by Gasteiger charge is 2.31. The lowest BCUT2D eigenvalue weighted by Gasteiger charge is -2.34. The molecule has 0 aromatic rings. The molecule has 0 saturated carbocycles. The van der Waals surface area contributed by atoms with E-state index in [0.29, 0.717) is 19.2 Å². The Morgan fingerprint density at radius 3 is 3.05 bits per heavy atom. The number of rotatable bonds is 6. The highest BCUT2D eigenvalue weighted by Crippen LogP contribution is 2.22. The van der Waals surface area contributed by atoms with Gasteiger partial charge in [0.15, 0.2) is 5.96 Å². The van der Waals surface area contributed by atoms with Gasteiger partial charge in [0.05, 0.1) is 25.9 Å². The summed E-state index contributed by atoms with van der Waals surface area (Å²) in [5, 5.41) is 6.62. The zero-order valence-electron chi connectivity index (χ0n) is 14.0. The summed E-state index contributed by atoms with van der Waals surface area (Å²) >= 11 is 0. The molecule has 2 rings (SSSR count). The molecule has 3 atom stereocenters. The molecule has 0 aromatic carbocycles. The van der Waals surface area contributed by atoms with Crippen molar-refractivity contribution in [1.29, 1.82) is 0 Å². The van der Waals surface area contributed by atoms with Gasteiger partial charge >= 0.3 is 0 Å². The van der Waals surface area contributed by atoms with E-state index >= 15 is 0 Å². The summed E-state index contributed by atoms with van der Waals surface area (Å²) < 4.78 is 11.1. The molecule has 22 heavy (non-hydrogen) atoms. The molecule has 0 aliphatic carbocycles. The van der Waals surface area contributed by atoms with E-state index in [2.05, 4.69) is 34.4 Å². The van der Waals surface area contributed by atoms with E-state index < -0.39 is 0 Å². The maximum absolute atomic E-state index is 5.94. The lowest BCUT2D eigenvalue weighted by atomic mass is 10.2. The van der Waals surface area contributed by atoms with Gasteiger partial charge in [0.25, 0.3) is 0 Å². The van der Waals surface area contributed by atoms with Crippen LogP contribution < -0.4 is 10.6 Å². The van der Waals surface area contributed by atoms with Crippen LogP contribution in [-0.4, -0.2) is 75.5 Å². The largest absolute Gasteiger partial charge is 0.383 e. The molecule has 0 bridgehead atoms. The summed E-state index contributed by atoms with van der Waals surface area (Å²) in [5.74, 6) is 0.842. The van der Waals surface area contributed by atoms with Crippen molar-refractivity contribution < 1.29 is 9.47 Å². The number of hydrogen-bond acceptors (Lipinski definition) is 4. The zero-order chi connectivity index (χ0) is 15.1. The van der Waals surface area contributed by atoms with Gasteiger partial charge in [-0.15, -0.1) is 24.0 Å². The molecule has 0 aromatic heterocycles. The van der Waals surface area contributed by atoms with Crippen LogP contribution in [0.5, 0.6) is 0 Å². The summed E-state index contributed by atoms with van der Waals surface area (Å²) in [6.45, 7) is 9.48. The highest BCUT2D eigenvalue weighted by atomic mass is 127. The smallest absolute Gasteiger partial charge is 0.191 e. The number of hydrogen-bond donors (Lipinski definition) is 2. The van der Waals surface area contributed by atoms with Crippen molar-refractivity contribution in [2.24, 2.45) is 4.99 Å². The van der Waals surface area contributed by atoms with Crippen molar-refractivity contribution >= 4 is 29.9 Å². The molecule has 0 amide bonds. The summed E-state index contributed by atoms with van der Waals surface area (Å²) in [7, 11) is 1.71.